The SMILES string of the molecule is CC(C)CNCC(O)CN1CCCOC(C)C1. The average Bonchev–Trinajstić information content (AvgIpc) is 2.42. The number of nitrogens with one attached hydrogen (secondary N) is 1. The lowest BCUT2D eigenvalue weighted by Crippen LogP contribution is -2.41. The molecular weight excluding hydrogens is 216 g/mol. The molecule has 4 nitrogen and oxygen atoms in total. The van der Waals surface area contributed by atoms with Gasteiger partial charge in [-0.15, -0.1) is 0 Å². The topological polar surface area (TPSA) is 44.7 Å². The first kappa shape index (κ1) is 14.9. The second kappa shape index (κ2) is 8.03. The molecule has 1 aliphatic rings. The van der Waals surface area contributed by atoms with E-state index in [9.17, 15) is 5.11 Å². The van der Waals surface area contributed by atoms with Crippen molar-refractivity contribution in [1.29, 1.82) is 0 Å². The van der Waals surface area contributed by atoms with Crippen LogP contribution in [0.5, 0.6) is 0 Å². The van der Waals surface area contributed by atoms with Gasteiger partial charge in [0.25, 0.3) is 0 Å². The Balaban J connectivity index is 2.17. The lowest BCUT2D eigenvalue weighted by Gasteiger charge is -2.24. The summed E-state index contributed by atoms with van der Waals surface area (Å²) in [7, 11) is 0. The number of nitrogens with zero attached hydrogens (tertiary/aromatic N) is 1. The molecule has 1 heterocycles. The van der Waals surface area contributed by atoms with Crippen molar-refractivity contribution in [3.63, 3.8) is 0 Å². The predicted octanol–water partition coefficient (Wildman–Crippen LogP) is 0.704. The standard InChI is InChI=1S/C13H28N2O2/c1-11(2)7-14-8-13(16)10-15-5-4-6-17-12(3)9-15/h11-14,16H,4-10H2,1-3H3. The Morgan fingerprint density at radius 1 is 1.41 bits per heavy atom. The molecule has 1 saturated heterocycles. The lowest BCUT2D eigenvalue weighted by atomic mass is 10.2. The van der Waals surface area contributed by atoms with Gasteiger partial charge in [0.2, 0.25) is 0 Å². The molecule has 0 radical (unpaired) electrons. The summed E-state index contributed by atoms with van der Waals surface area (Å²) in [5, 5.41) is 13.2. The van der Waals surface area contributed by atoms with E-state index in [1.54, 1.807) is 0 Å². The van der Waals surface area contributed by atoms with Crippen LogP contribution in [0.4, 0.5) is 0 Å². The van der Waals surface area contributed by atoms with Crippen molar-refractivity contribution in [2.45, 2.75) is 39.4 Å². The van der Waals surface area contributed by atoms with Gasteiger partial charge in [0, 0.05) is 32.8 Å². The van der Waals surface area contributed by atoms with E-state index in [1.807, 2.05) is 0 Å². The Bertz CT molecular complexity index is 200. The summed E-state index contributed by atoms with van der Waals surface area (Å²) in [6, 6.07) is 0. The Morgan fingerprint density at radius 3 is 2.88 bits per heavy atom. The van der Waals surface area contributed by atoms with Crippen molar-refractivity contribution in [1.82, 2.24) is 10.2 Å². The van der Waals surface area contributed by atoms with Gasteiger partial charge in [-0.05, 0) is 25.8 Å². The minimum atomic E-state index is -0.279. The molecule has 1 aliphatic heterocycles. The summed E-state index contributed by atoms with van der Waals surface area (Å²) in [5.74, 6) is 0.633. The van der Waals surface area contributed by atoms with E-state index in [0.717, 1.165) is 39.2 Å². The van der Waals surface area contributed by atoms with E-state index in [-0.39, 0.29) is 12.2 Å². The van der Waals surface area contributed by atoms with Crippen LogP contribution in [-0.4, -0.2) is 61.5 Å². The van der Waals surface area contributed by atoms with Crippen molar-refractivity contribution in [2.75, 3.05) is 39.3 Å². The highest BCUT2D eigenvalue weighted by Gasteiger charge is 2.17. The van der Waals surface area contributed by atoms with E-state index in [4.69, 9.17) is 4.74 Å². The number of β-amino-alcohol motifs (C(OH)–C–C–N with tert-alkyl or cyclic N) is 1. The summed E-state index contributed by atoms with van der Waals surface area (Å²) in [6.45, 7) is 11.7. The van der Waals surface area contributed by atoms with Crippen LogP contribution in [-0.2, 0) is 4.74 Å². The minimum Gasteiger partial charge on any atom is -0.390 e. The van der Waals surface area contributed by atoms with Crippen molar-refractivity contribution >= 4 is 0 Å². The highest BCUT2D eigenvalue weighted by molar-refractivity contribution is 4.71. The number of aliphatic hydroxyl groups is 1. The van der Waals surface area contributed by atoms with Gasteiger partial charge in [-0.1, -0.05) is 13.8 Å². The summed E-state index contributed by atoms with van der Waals surface area (Å²) in [5.41, 5.74) is 0. The summed E-state index contributed by atoms with van der Waals surface area (Å²) in [6.07, 6.45) is 1.07. The molecule has 17 heavy (non-hydrogen) atoms. The second-order valence-corrected chi connectivity index (χ2v) is 5.50. The monoisotopic (exact) mass is 244 g/mol. The largest absolute Gasteiger partial charge is 0.390 e. The Hall–Kier alpha value is -0.160. The zero-order valence-corrected chi connectivity index (χ0v) is 11.5. The third kappa shape index (κ3) is 6.99. The van der Waals surface area contributed by atoms with Crippen LogP contribution in [0, 0.1) is 5.92 Å². The van der Waals surface area contributed by atoms with Crippen molar-refractivity contribution in [3.8, 4) is 0 Å². The highest BCUT2D eigenvalue weighted by Crippen LogP contribution is 2.05. The molecule has 2 unspecified atom stereocenters. The van der Waals surface area contributed by atoms with E-state index >= 15 is 0 Å². The van der Waals surface area contributed by atoms with Crippen LogP contribution in [0.1, 0.15) is 27.2 Å². The van der Waals surface area contributed by atoms with E-state index < -0.39 is 0 Å². The molecule has 1 rings (SSSR count). The first-order valence-electron chi connectivity index (χ1n) is 6.80. The first-order valence-corrected chi connectivity index (χ1v) is 6.80. The van der Waals surface area contributed by atoms with Gasteiger partial charge in [0.1, 0.15) is 0 Å². The van der Waals surface area contributed by atoms with Crippen LogP contribution in [0.25, 0.3) is 0 Å². The fourth-order valence-electron chi connectivity index (χ4n) is 2.15. The summed E-state index contributed by atoms with van der Waals surface area (Å²) < 4.78 is 5.59. The maximum Gasteiger partial charge on any atom is 0.0791 e. The van der Waals surface area contributed by atoms with Crippen LogP contribution >= 0.6 is 0 Å². The van der Waals surface area contributed by atoms with Crippen LogP contribution in [0.15, 0.2) is 0 Å². The van der Waals surface area contributed by atoms with E-state index in [2.05, 4.69) is 31.0 Å². The molecule has 0 aromatic carbocycles. The molecule has 0 aliphatic carbocycles. The molecule has 4 heteroatoms. The fourth-order valence-corrected chi connectivity index (χ4v) is 2.15. The van der Waals surface area contributed by atoms with Gasteiger partial charge in [0.15, 0.2) is 0 Å². The molecule has 0 bridgehead atoms. The van der Waals surface area contributed by atoms with Gasteiger partial charge in [-0.25, -0.2) is 0 Å². The number of hydrogen-bond donors (Lipinski definition) is 2. The summed E-state index contributed by atoms with van der Waals surface area (Å²) in [4.78, 5) is 2.30. The Labute approximate surface area is 105 Å². The van der Waals surface area contributed by atoms with Crippen LogP contribution < -0.4 is 5.32 Å². The molecule has 0 aromatic heterocycles. The fraction of sp³-hybridized carbons (Fsp3) is 1.00. The maximum atomic E-state index is 9.95. The van der Waals surface area contributed by atoms with Crippen molar-refractivity contribution in [2.24, 2.45) is 5.92 Å². The van der Waals surface area contributed by atoms with Gasteiger partial charge in [-0.3, -0.25) is 4.90 Å². The molecule has 2 N–H and O–H groups in total. The molecule has 0 amide bonds. The number of hydrogen-bond acceptors (Lipinski definition) is 4. The molecule has 0 saturated carbocycles. The minimum absolute atomic E-state index is 0.279. The molecular formula is C13H28N2O2. The predicted molar refractivity (Wildman–Crippen MR) is 70.2 cm³/mol. The van der Waals surface area contributed by atoms with Crippen LogP contribution in [0.3, 0.4) is 0 Å². The number of rotatable bonds is 6. The zero-order chi connectivity index (χ0) is 12.7. The highest BCUT2D eigenvalue weighted by atomic mass is 16.5. The van der Waals surface area contributed by atoms with Gasteiger partial charge in [-0.2, -0.15) is 0 Å². The maximum absolute atomic E-state index is 9.95. The van der Waals surface area contributed by atoms with E-state index in [1.165, 1.54) is 0 Å². The molecule has 102 valence electrons. The van der Waals surface area contributed by atoms with Gasteiger partial charge >= 0.3 is 0 Å². The average molecular weight is 244 g/mol. The Kier molecular flexibility index (Phi) is 7.04. The smallest absolute Gasteiger partial charge is 0.0791 e. The molecule has 2 atom stereocenters. The third-order valence-electron chi connectivity index (χ3n) is 2.94. The van der Waals surface area contributed by atoms with Gasteiger partial charge < -0.3 is 15.2 Å². The normalized spacial score (nSPS) is 24.9. The quantitative estimate of drug-likeness (QED) is 0.722. The summed E-state index contributed by atoms with van der Waals surface area (Å²) >= 11 is 0. The van der Waals surface area contributed by atoms with Crippen molar-refractivity contribution < 1.29 is 9.84 Å². The van der Waals surface area contributed by atoms with Crippen LogP contribution in [0.2, 0.25) is 0 Å². The third-order valence-corrected chi connectivity index (χ3v) is 2.94. The molecule has 0 spiro atoms. The molecule has 0 aromatic rings. The molecule has 1 fully saturated rings. The number of ether oxygens (including phenoxy) is 1. The van der Waals surface area contributed by atoms with Crippen molar-refractivity contribution in [3.05, 3.63) is 0 Å². The Morgan fingerprint density at radius 2 is 2.18 bits per heavy atom. The zero-order valence-electron chi connectivity index (χ0n) is 11.5. The first-order chi connectivity index (χ1) is 8.08. The second-order valence-electron chi connectivity index (χ2n) is 5.50. The van der Waals surface area contributed by atoms with Gasteiger partial charge in [0.05, 0.1) is 12.2 Å². The number of aliphatic hydroxyl groups excluding tert-OH is 1. The lowest BCUT2D eigenvalue weighted by molar-refractivity contribution is 0.0563. The van der Waals surface area contributed by atoms with E-state index in [0.29, 0.717) is 12.5 Å².